The molecule has 59 heavy (non-hydrogen) atoms. The molecule has 0 bridgehead atoms. The van der Waals surface area contributed by atoms with E-state index in [4.69, 9.17) is 28.2 Å². The molecule has 2 saturated heterocycles. The van der Waals surface area contributed by atoms with Gasteiger partial charge in [-0.15, -0.1) is 0 Å². The molecule has 0 aliphatic carbocycles. The SMILES string of the molecule is CC(C)CC1NC2(c3ccccc3-n3c2nc2ccccc2c3=O)[C@H]2C(=O)N(c3cc(Cl)cc(Cl)c3)C(=O)[C@@H]12.O=C1C(c2c(O)[nH]c3ccccc23)=Nc2ccccc21. The van der Waals surface area contributed by atoms with Gasteiger partial charge in [-0.3, -0.25) is 29.1 Å². The second-order valence-corrected chi connectivity index (χ2v) is 16.5. The summed E-state index contributed by atoms with van der Waals surface area (Å²) in [5.74, 6) is -1.66. The molecule has 13 heteroatoms. The molecular formula is C46H34Cl2N6O5. The van der Waals surface area contributed by atoms with E-state index in [0.717, 1.165) is 16.5 Å². The third-order valence-electron chi connectivity index (χ3n) is 11.7. The van der Waals surface area contributed by atoms with Gasteiger partial charge in [0, 0.05) is 38.1 Å². The minimum Gasteiger partial charge on any atom is -0.494 e. The zero-order chi connectivity index (χ0) is 40.9. The lowest BCUT2D eigenvalue weighted by Gasteiger charge is -2.32. The highest BCUT2D eigenvalue weighted by molar-refractivity contribution is 6.56. The minimum atomic E-state index is -1.17. The summed E-state index contributed by atoms with van der Waals surface area (Å²) in [6.45, 7) is 4.18. The van der Waals surface area contributed by atoms with E-state index in [9.17, 15) is 24.3 Å². The van der Waals surface area contributed by atoms with Crippen LogP contribution in [0, 0.1) is 17.8 Å². The number of halogens is 2. The standard InChI is InChI=1S/C30H24Cl2N4O3.C16H10N2O2/c1-15(2)11-22-24-25(28(39)35(27(24)38)18-13-16(31)12-17(32)14-18)30(34-22)20-8-4-6-10-23(20)36-26(37)19-7-3-5-9-21(19)33-29(30)36;19-15-10-6-2-4-8-12(10)17-14(15)13-9-5-1-3-7-11(9)18-16(13)20/h3-10,12-15,22,24-25,34H,11H2,1-2H3;1-8,18,20H/t22?,24-,25+,30?;/m0./s1. The summed E-state index contributed by atoms with van der Waals surface area (Å²) in [7, 11) is 0. The lowest BCUT2D eigenvalue weighted by atomic mass is 9.75. The highest BCUT2D eigenvalue weighted by Crippen LogP contribution is 2.56. The van der Waals surface area contributed by atoms with E-state index in [2.05, 4.69) is 29.1 Å². The van der Waals surface area contributed by atoms with Gasteiger partial charge in [0.15, 0.2) is 5.88 Å². The van der Waals surface area contributed by atoms with Crippen LogP contribution in [0.5, 0.6) is 5.88 Å². The number of amides is 2. The van der Waals surface area contributed by atoms with Crippen LogP contribution in [-0.4, -0.2) is 49.0 Å². The van der Waals surface area contributed by atoms with Gasteiger partial charge in [-0.1, -0.05) is 97.7 Å². The predicted octanol–water partition coefficient (Wildman–Crippen LogP) is 8.26. The molecule has 2 amide bonds. The van der Waals surface area contributed by atoms with Crippen molar-refractivity contribution in [2.45, 2.75) is 31.8 Å². The van der Waals surface area contributed by atoms with Gasteiger partial charge in [0.05, 0.1) is 45.4 Å². The predicted molar refractivity (Wildman–Crippen MR) is 227 cm³/mol. The van der Waals surface area contributed by atoms with Crippen molar-refractivity contribution in [1.29, 1.82) is 0 Å². The molecule has 5 aromatic carbocycles. The zero-order valence-corrected chi connectivity index (χ0v) is 33.1. The molecule has 4 aliphatic heterocycles. The van der Waals surface area contributed by atoms with Crippen molar-refractivity contribution < 1.29 is 19.5 Å². The topological polar surface area (TPSA) is 150 Å². The van der Waals surface area contributed by atoms with Crippen molar-refractivity contribution in [3.8, 4) is 11.6 Å². The van der Waals surface area contributed by atoms with Crippen molar-refractivity contribution in [3.63, 3.8) is 0 Å². The number of carbonyl (C=O) groups is 3. The Bertz CT molecular complexity index is 3040. The number of Topliss-reactive ketones (excluding diaryl/α,β-unsaturated/α-hetero) is 1. The first kappa shape index (κ1) is 36.9. The fourth-order valence-corrected chi connectivity index (χ4v) is 9.97. The van der Waals surface area contributed by atoms with Crippen LogP contribution in [0.25, 0.3) is 27.5 Å². The van der Waals surface area contributed by atoms with E-state index in [-0.39, 0.29) is 41.0 Å². The smallest absolute Gasteiger partial charge is 0.266 e. The van der Waals surface area contributed by atoms with Gasteiger partial charge >= 0.3 is 0 Å². The maximum atomic E-state index is 14.4. The van der Waals surface area contributed by atoms with Crippen molar-refractivity contribution in [3.05, 3.63) is 158 Å². The lowest BCUT2D eigenvalue weighted by molar-refractivity contribution is -0.123. The summed E-state index contributed by atoms with van der Waals surface area (Å²) in [6, 6.07) is 33.8. The largest absolute Gasteiger partial charge is 0.494 e. The first-order valence-corrected chi connectivity index (χ1v) is 20.0. The number of hydrogen-bond acceptors (Lipinski definition) is 8. The maximum Gasteiger partial charge on any atom is 0.266 e. The minimum absolute atomic E-state index is 0.0221. The summed E-state index contributed by atoms with van der Waals surface area (Å²) in [5.41, 5.74) is 3.70. The Morgan fingerprint density at radius 2 is 1.49 bits per heavy atom. The number of H-pyrrole nitrogens is 1. The number of aromatic amines is 1. The molecule has 11 rings (SSSR count). The van der Waals surface area contributed by atoms with Gasteiger partial charge in [0.25, 0.3) is 5.56 Å². The van der Waals surface area contributed by atoms with Crippen LogP contribution in [0.15, 0.2) is 125 Å². The summed E-state index contributed by atoms with van der Waals surface area (Å²) < 4.78 is 1.61. The highest BCUT2D eigenvalue weighted by Gasteiger charge is 2.69. The van der Waals surface area contributed by atoms with Crippen molar-refractivity contribution in [1.82, 2.24) is 19.9 Å². The van der Waals surface area contributed by atoms with Crippen LogP contribution in [0.4, 0.5) is 11.4 Å². The number of benzene rings is 5. The number of ketones is 1. The number of fused-ring (bicyclic) bond motifs is 10. The van der Waals surface area contributed by atoms with E-state index in [0.29, 0.717) is 67.1 Å². The van der Waals surface area contributed by atoms with Gasteiger partial charge in [0.2, 0.25) is 17.6 Å². The monoisotopic (exact) mass is 820 g/mol. The highest BCUT2D eigenvalue weighted by atomic mass is 35.5. The quantitative estimate of drug-likeness (QED) is 0.151. The molecule has 292 valence electrons. The number of para-hydroxylation sites is 4. The van der Waals surface area contributed by atoms with Gasteiger partial charge in [-0.2, -0.15) is 0 Å². The van der Waals surface area contributed by atoms with Crippen LogP contribution < -0.4 is 15.8 Å². The van der Waals surface area contributed by atoms with Crippen molar-refractivity contribution in [2.75, 3.05) is 4.90 Å². The number of nitrogens with one attached hydrogen (secondary N) is 2. The zero-order valence-electron chi connectivity index (χ0n) is 31.6. The van der Waals surface area contributed by atoms with E-state index >= 15 is 0 Å². The number of aromatic nitrogens is 3. The second-order valence-electron chi connectivity index (χ2n) is 15.6. The fourth-order valence-electron chi connectivity index (χ4n) is 9.45. The molecule has 3 N–H and O–H groups in total. The normalized spacial score (nSPS) is 21.2. The summed E-state index contributed by atoms with van der Waals surface area (Å²) in [5, 5.41) is 15.8. The van der Waals surface area contributed by atoms with Gasteiger partial charge in [-0.25, -0.2) is 14.9 Å². The van der Waals surface area contributed by atoms with E-state index < -0.39 is 17.4 Å². The molecule has 4 atom stereocenters. The van der Waals surface area contributed by atoms with E-state index in [1.54, 1.807) is 47.0 Å². The molecule has 11 nitrogen and oxygen atoms in total. The van der Waals surface area contributed by atoms with E-state index in [1.165, 1.54) is 4.90 Å². The number of aliphatic imine (C=N–C) groups is 1. The molecule has 4 aliphatic rings. The molecule has 0 saturated carbocycles. The molecule has 6 heterocycles. The molecule has 0 radical (unpaired) electrons. The van der Waals surface area contributed by atoms with E-state index in [1.807, 2.05) is 72.8 Å². The van der Waals surface area contributed by atoms with Gasteiger partial charge < -0.3 is 10.1 Å². The van der Waals surface area contributed by atoms with Gasteiger partial charge in [0.1, 0.15) is 17.1 Å². The summed E-state index contributed by atoms with van der Waals surface area (Å²) in [6.07, 6.45) is 0.659. The van der Waals surface area contributed by atoms with Crippen LogP contribution in [0.2, 0.25) is 10.0 Å². The fraction of sp³-hybridized carbons (Fsp3) is 0.174. The number of imide groups is 1. The Balaban J connectivity index is 0.000000176. The average Bonchev–Trinajstić information content (AvgIpc) is 3.97. The third-order valence-corrected chi connectivity index (χ3v) is 12.1. The maximum absolute atomic E-state index is 14.4. The van der Waals surface area contributed by atoms with Gasteiger partial charge in [-0.05, 0) is 66.9 Å². The Morgan fingerprint density at radius 3 is 2.25 bits per heavy atom. The van der Waals surface area contributed by atoms with Crippen LogP contribution in [0.1, 0.15) is 47.6 Å². The molecule has 1 spiro atoms. The Kier molecular flexibility index (Phi) is 8.50. The molecule has 2 aromatic heterocycles. The summed E-state index contributed by atoms with van der Waals surface area (Å²) >= 11 is 12.6. The average molecular weight is 822 g/mol. The number of rotatable bonds is 4. The van der Waals surface area contributed by atoms with Crippen LogP contribution >= 0.6 is 23.2 Å². The van der Waals surface area contributed by atoms with Crippen LogP contribution in [-0.2, 0) is 15.1 Å². The Morgan fingerprint density at radius 1 is 0.814 bits per heavy atom. The molecule has 7 aromatic rings. The number of aromatic hydroxyl groups is 1. The number of carbonyl (C=O) groups excluding carboxylic acids is 3. The second kappa shape index (κ2) is 13.6. The Labute approximate surface area is 346 Å². The molecular weight excluding hydrogens is 787 g/mol. The van der Waals surface area contributed by atoms with Crippen LogP contribution in [0.3, 0.4) is 0 Å². The Hall–Kier alpha value is -6.40. The first-order chi connectivity index (χ1) is 28.5. The summed E-state index contributed by atoms with van der Waals surface area (Å²) in [4.78, 5) is 68.4. The number of anilines is 1. The third kappa shape index (κ3) is 5.45. The number of hydrogen-bond donors (Lipinski definition) is 3. The number of nitrogens with zero attached hydrogens (tertiary/aromatic N) is 4. The van der Waals surface area contributed by atoms with Crippen molar-refractivity contribution in [2.24, 2.45) is 22.7 Å². The molecule has 2 fully saturated rings. The molecule has 2 unspecified atom stereocenters. The first-order valence-electron chi connectivity index (χ1n) is 19.2. The van der Waals surface area contributed by atoms with Crippen molar-refractivity contribution >= 4 is 79.7 Å². The lowest BCUT2D eigenvalue weighted by Crippen LogP contribution is -2.50.